The minimum Gasteiger partial charge on any atom is -0.457 e. The number of fused-ring (bicyclic) bond motifs is 2. The van der Waals surface area contributed by atoms with Gasteiger partial charge in [0.05, 0.1) is 16.5 Å². The molecule has 2 fully saturated rings. The van der Waals surface area contributed by atoms with Crippen molar-refractivity contribution in [3.8, 4) is 0 Å². The summed E-state index contributed by atoms with van der Waals surface area (Å²) in [5.41, 5.74) is 0.491. The Labute approximate surface area is 156 Å². The van der Waals surface area contributed by atoms with Gasteiger partial charge in [0.1, 0.15) is 11.0 Å². The van der Waals surface area contributed by atoms with Crippen molar-refractivity contribution in [1.82, 2.24) is 5.01 Å². The molecule has 4 rings (SSSR count). The second-order valence-corrected chi connectivity index (χ2v) is 8.34. The van der Waals surface area contributed by atoms with Crippen molar-refractivity contribution in [3.05, 3.63) is 48.0 Å². The van der Waals surface area contributed by atoms with Gasteiger partial charge < -0.3 is 4.74 Å². The molecular weight excluding hydrogens is 415 g/mol. The standard InChI is InChI=1S/C19H21IN2O2/c1-18-9-5-10-19(16(18)20,17(23)24-18)11-6-12-21-22-13-15(22)14-7-3-2-4-8-14/h2-5,7-8,10,12,15-16H,6,9,11,13H2,1H3/b21-12+/t15?,16-,18+,19+,22?/m0/s1. The zero-order valence-corrected chi connectivity index (χ0v) is 15.8. The van der Waals surface area contributed by atoms with Crippen LogP contribution in [0.4, 0.5) is 0 Å². The molecule has 0 saturated carbocycles. The molecule has 0 aromatic heterocycles. The summed E-state index contributed by atoms with van der Waals surface area (Å²) >= 11 is 2.39. The number of alkyl halides is 1. The Balaban J connectivity index is 1.36. The van der Waals surface area contributed by atoms with Crippen molar-refractivity contribution >= 4 is 34.8 Å². The maximum absolute atomic E-state index is 12.4. The van der Waals surface area contributed by atoms with Crippen molar-refractivity contribution in [2.75, 3.05) is 6.54 Å². The van der Waals surface area contributed by atoms with E-state index in [-0.39, 0.29) is 15.5 Å². The third kappa shape index (κ3) is 2.57. The summed E-state index contributed by atoms with van der Waals surface area (Å²) in [7, 11) is 0. The van der Waals surface area contributed by atoms with Crippen molar-refractivity contribution in [2.24, 2.45) is 10.5 Å². The largest absolute Gasteiger partial charge is 0.457 e. The van der Waals surface area contributed by atoms with Crippen molar-refractivity contribution < 1.29 is 9.53 Å². The van der Waals surface area contributed by atoms with Gasteiger partial charge in [-0.1, -0.05) is 65.1 Å². The maximum atomic E-state index is 12.4. The Morgan fingerprint density at radius 1 is 1.42 bits per heavy atom. The molecule has 2 bridgehead atoms. The van der Waals surface area contributed by atoms with E-state index >= 15 is 0 Å². The van der Waals surface area contributed by atoms with E-state index in [9.17, 15) is 4.79 Å². The van der Waals surface area contributed by atoms with Crippen LogP contribution in [0.25, 0.3) is 0 Å². The average Bonchev–Trinajstić information content (AvgIpc) is 3.34. The number of esters is 1. The van der Waals surface area contributed by atoms with Gasteiger partial charge in [0, 0.05) is 12.6 Å². The lowest BCUT2D eigenvalue weighted by molar-refractivity contribution is -0.151. The van der Waals surface area contributed by atoms with Crippen LogP contribution in [-0.2, 0) is 9.53 Å². The Bertz CT molecular complexity index is 705. The molecule has 0 N–H and O–H groups in total. The first-order valence-corrected chi connectivity index (χ1v) is 9.69. The molecule has 1 unspecified atom stereocenters. The molecule has 0 spiro atoms. The number of hydrogen-bond acceptors (Lipinski definition) is 4. The quantitative estimate of drug-likeness (QED) is 0.176. The molecule has 2 saturated heterocycles. The van der Waals surface area contributed by atoms with Gasteiger partial charge in [0.15, 0.2) is 0 Å². The van der Waals surface area contributed by atoms with E-state index in [2.05, 4.69) is 69.1 Å². The highest BCUT2D eigenvalue weighted by Crippen LogP contribution is 2.53. The number of carbonyl (C=O) groups excluding carboxylic acids is 1. The number of carbonyl (C=O) groups is 1. The van der Waals surface area contributed by atoms with Crippen LogP contribution in [0.3, 0.4) is 0 Å². The van der Waals surface area contributed by atoms with Crippen LogP contribution < -0.4 is 0 Å². The van der Waals surface area contributed by atoms with Crippen molar-refractivity contribution in [1.29, 1.82) is 0 Å². The van der Waals surface area contributed by atoms with E-state index in [1.165, 1.54) is 5.56 Å². The van der Waals surface area contributed by atoms with E-state index in [4.69, 9.17) is 4.74 Å². The first-order valence-electron chi connectivity index (χ1n) is 8.44. The second-order valence-electron chi connectivity index (χ2n) is 7.10. The Hall–Kier alpha value is -1.37. The lowest BCUT2D eigenvalue weighted by Gasteiger charge is -2.33. The number of ether oxygens (including phenoxy) is 1. The Morgan fingerprint density at radius 3 is 3.00 bits per heavy atom. The SMILES string of the molecule is C[C@]12CC=C[C@](CC/C=N/N3CC3c3ccccc3)(C(=O)O1)[C@H]2I. The molecule has 2 heterocycles. The molecule has 5 heteroatoms. The molecule has 3 aliphatic rings. The van der Waals surface area contributed by atoms with Crippen LogP contribution in [-0.4, -0.2) is 33.3 Å². The third-order valence-electron chi connectivity index (χ3n) is 5.32. The zero-order valence-electron chi connectivity index (χ0n) is 13.7. The maximum Gasteiger partial charge on any atom is 0.317 e. The van der Waals surface area contributed by atoms with Crippen LogP contribution in [0.15, 0.2) is 47.6 Å². The summed E-state index contributed by atoms with van der Waals surface area (Å²) in [5.74, 6) is -0.0690. The second kappa shape index (κ2) is 5.86. The topological polar surface area (TPSA) is 41.7 Å². The van der Waals surface area contributed by atoms with Crippen LogP contribution >= 0.6 is 22.6 Å². The molecule has 1 aromatic rings. The van der Waals surface area contributed by atoms with Gasteiger partial charge >= 0.3 is 5.97 Å². The van der Waals surface area contributed by atoms with E-state index < -0.39 is 5.41 Å². The summed E-state index contributed by atoms with van der Waals surface area (Å²) in [6.45, 7) is 3.02. The fourth-order valence-electron chi connectivity index (χ4n) is 3.80. The van der Waals surface area contributed by atoms with E-state index in [1.54, 1.807) is 0 Å². The molecular formula is C19H21IN2O2. The Kier molecular flexibility index (Phi) is 3.94. The summed E-state index contributed by atoms with van der Waals surface area (Å²) < 4.78 is 5.88. The van der Waals surface area contributed by atoms with Crippen LogP contribution in [0, 0.1) is 5.41 Å². The summed E-state index contributed by atoms with van der Waals surface area (Å²) in [6.07, 6.45) is 8.49. The molecule has 4 atom stereocenters. The van der Waals surface area contributed by atoms with E-state index in [1.807, 2.05) is 19.2 Å². The lowest BCUT2D eigenvalue weighted by atomic mass is 9.73. The zero-order chi connectivity index (χ0) is 16.8. The minimum absolute atomic E-state index is 0.0690. The summed E-state index contributed by atoms with van der Waals surface area (Å²) in [4.78, 5) is 12.4. The van der Waals surface area contributed by atoms with Gasteiger partial charge in [-0.15, -0.1) is 0 Å². The number of halogens is 1. The fraction of sp³-hybridized carbons (Fsp3) is 0.474. The molecule has 1 aromatic carbocycles. The number of hydrogen-bond donors (Lipinski definition) is 0. The smallest absolute Gasteiger partial charge is 0.317 e. The van der Waals surface area contributed by atoms with Gasteiger partial charge in [0.2, 0.25) is 0 Å². The van der Waals surface area contributed by atoms with Crippen LogP contribution in [0.2, 0.25) is 0 Å². The van der Waals surface area contributed by atoms with Crippen LogP contribution in [0.1, 0.15) is 37.8 Å². The van der Waals surface area contributed by atoms with E-state index in [0.29, 0.717) is 6.04 Å². The summed E-state index contributed by atoms with van der Waals surface area (Å²) in [5, 5.41) is 6.64. The number of rotatable bonds is 5. The fourth-order valence-corrected chi connectivity index (χ4v) is 4.95. The molecule has 0 radical (unpaired) electrons. The first kappa shape index (κ1) is 16.1. The average molecular weight is 436 g/mol. The molecule has 1 aliphatic carbocycles. The predicted octanol–water partition coefficient (Wildman–Crippen LogP) is 3.87. The molecule has 126 valence electrons. The molecule has 2 aliphatic heterocycles. The third-order valence-corrected chi connectivity index (χ3v) is 7.75. The highest BCUT2D eigenvalue weighted by molar-refractivity contribution is 14.1. The number of benzene rings is 1. The number of hydrazone groups is 1. The first-order chi connectivity index (χ1) is 11.6. The van der Waals surface area contributed by atoms with Gasteiger partial charge in [-0.25, -0.2) is 0 Å². The monoisotopic (exact) mass is 436 g/mol. The van der Waals surface area contributed by atoms with Gasteiger partial charge in [-0.05, 0) is 25.3 Å². The predicted molar refractivity (Wildman–Crippen MR) is 102 cm³/mol. The highest BCUT2D eigenvalue weighted by Gasteiger charge is 2.61. The molecule has 24 heavy (non-hydrogen) atoms. The lowest BCUT2D eigenvalue weighted by Crippen LogP contribution is -2.41. The van der Waals surface area contributed by atoms with E-state index in [0.717, 1.165) is 25.8 Å². The number of nitrogens with zero attached hydrogens (tertiary/aromatic N) is 2. The van der Waals surface area contributed by atoms with Crippen molar-refractivity contribution in [2.45, 2.75) is 41.8 Å². The normalized spacial score (nSPS) is 37.1. The van der Waals surface area contributed by atoms with Gasteiger partial charge in [-0.3, -0.25) is 9.80 Å². The Morgan fingerprint density at radius 2 is 2.21 bits per heavy atom. The summed E-state index contributed by atoms with van der Waals surface area (Å²) in [6, 6.07) is 10.9. The van der Waals surface area contributed by atoms with Gasteiger partial charge in [0.25, 0.3) is 0 Å². The molecule has 4 nitrogen and oxygen atoms in total. The molecule has 0 amide bonds. The van der Waals surface area contributed by atoms with Gasteiger partial charge in [-0.2, -0.15) is 5.10 Å². The van der Waals surface area contributed by atoms with Crippen LogP contribution in [0.5, 0.6) is 0 Å². The minimum atomic E-state index is -0.475. The highest BCUT2D eigenvalue weighted by atomic mass is 127. The van der Waals surface area contributed by atoms with Crippen molar-refractivity contribution in [3.63, 3.8) is 0 Å².